The Kier molecular flexibility index (Phi) is 7.17. The third-order valence-electron chi connectivity index (χ3n) is 4.13. The van der Waals surface area contributed by atoms with Crippen LogP contribution in [0.4, 0.5) is 0 Å². The van der Waals surface area contributed by atoms with Gasteiger partial charge in [-0.05, 0) is 23.3 Å². The molecule has 0 fully saturated rings. The minimum Gasteiger partial charge on any atom is -0.497 e. The van der Waals surface area contributed by atoms with Gasteiger partial charge in [0, 0.05) is 12.1 Å². The molecule has 154 valence electrons. The molecule has 0 saturated carbocycles. The second-order valence-electron chi connectivity index (χ2n) is 6.10. The molecule has 0 spiro atoms. The van der Waals surface area contributed by atoms with E-state index < -0.39 is 10.2 Å². The number of rotatable bonds is 4. The van der Waals surface area contributed by atoms with Gasteiger partial charge >= 0.3 is 0 Å². The molecule has 0 atom stereocenters. The molecule has 8 heteroatoms. The van der Waals surface area contributed by atoms with E-state index in [1.807, 2.05) is 12.1 Å². The van der Waals surface area contributed by atoms with E-state index in [1.165, 1.54) is 21.6 Å². The summed E-state index contributed by atoms with van der Waals surface area (Å²) in [4.78, 5) is 1.27. The minimum atomic E-state index is -4.94. The van der Waals surface area contributed by atoms with Gasteiger partial charge in [0.1, 0.15) is 22.2 Å². The number of benzene rings is 3. The van der Waals surface area contributed by atoms with Crippen molar-refractivity contribution in [2.24, 2.45) is 0 Å². The SMILES string of the molecule is COc1ccc(-[n+]2cc(-c3ccccc3)c(-c3ccccc3)s2)cc1.[O-][Cl+3]([O-])([O-])[O-]. The monoisotopic (exact) mass is 443 g/mol. The van der Waals surface area contributed by atoms with Gasteiger partial charge in [0.15, 0.2) is 6.20 Å². The van der Waals surface area contributed by atoms with Crippen molar-refractivity contribution in [3.8, 4) is 33.0 Å². The molecule has 0 unspecified atom stereocenters. The summed E-state index contributed by atoms with van der Waals surface area (Å²) in [5.74, 6) is 0.868. The predicted octanol–water partition coefficient (Wildman–Crippen LogP) is 0.611. The van der Waals surface area contributed by atoms with E-state index in [9.17, 15) is 0 Å². The molecule has 0 aliphatic heterocycles. The molecule has 0 aliphatic rings. The summed E-state index contributed by atoms with van der Waals surface area (Å²) in [6.45, 7) is 0. The van der Waals surface area contributed by atoms with Crippen LogP contribution in [-0.4, -0.2) is 7.11 Å². The van der Waals surface area contributed by atoms with Crippen LogP contribution in [0.25, 0.3) is 27.3 Å². The zero-order valence-corrected chi connectivity index (χ0v) is 17.5. The lowest BCUT2D eigenvalue weighted by molar-refractivity contribution is -2.00. The fourth-order valence-electron chi connectivity index (χ4n) is 2.83. The third kappa shape index (κ3) is 6.11. The highest BCUT2D eigenvalue weighted by molar-refractivity contribution is 7.06. The van der Waals surface area contributed by atoms with Crippen molar-refractivity contribution in [1.29, 1.82) is 0 Å². The van der Waals surface area contributed by atoms with Gasteiger partial charge in [-0.1, -0.05) is 60.7 Å². The van der Waals surface area contributed by atoms with Gasteiger partial charge in [-0.25, -0.2) is 18.6 Å². The lowest BCUT2D eigenvalue weighted by Crippen LogP contribution is -2.68. The van der Waals surface area contributed by atoms with Gasteiger partial charge < -0.3 is 4.74 Å². The predicted molar refractivity (Wildman–Crippen MR) is 103 cm³/mol. The van der Waals surface area contributed by atoms with Crippen LogP contribution in [0.5, 0.6) is 5.75 Å². The molecule has 1 heterocycles. The van der Waals surface area contributed by atoms with Crippen molar-refractivity contribution >= 4 is 11.5 Å². The average molecular weight is 444 g/mol. The number of ether oxygens (including phenoxy) is 1. The summed E-state index contributed by atoms with van der Waals surface area (Å²) in [6, 6.07) is 29.2. The summed E-state index contributed by atoms with van der Waals surface area (Å²) in [5.41, 5.74) is 4.83. The smallest absolute Gasteiger partial charge is 0.225 e. The van der Waals surface area contributed by atoms with E-state index in [-0.39, 0.29) is 0 Å². The highest BCUT2D eigenvalue weighted by atomic mass is 35.7. The van der Waals surface area contributed by atoms with Crippen molar-refractivity contribution in [1.82, 2.24) is 0 Å². The lowest BCUT2D eigenvalue weighted by Gasteiger charge is -2.17. The maximum atomic E-state index is 8.49. The van der Waals surface area contributed by atoms with Crippen LogP contribution >= 0.6 is 11.5 Å². The fourth-order valence-corrected chi connectivity index (χ4v) is 3.92. The number of halogens is 1. The van der Waals surface area contributed by atoms with E-state index in [1.54, 1.807) is 18.6 Å². The van der Waals surface area contributed by atoms with Crippen LogP contribution in [0.1, 0.15) is 0 Å². The van der Waals surface area contributed by atoms with E-state index in [2.05, 4.69) is 82.9 Å². The number of methoxy groups -OCH3 is 1. The molecular formula is C22H18ClNO5S. The second-order valence-corrected chi connectivity index (χ2v) is 7.84. The summed E-state index contributed by atoms with van der Waals surface area (Å²) in [5, 5.41) is 0. The summed E-state index contributed by atoms with van der Waals surface area (Å²) in [7, 11) is -3.26. The fraction of sp³-hybridized carbons (Fsp3) is 0.0455. The van der Waals surface area contributed by atoms with E-state index in [0.717, 1.165) is 11.4 Å². The zero-order valence-electron chi connectivity index (χ0n) is 15.9. The summed E-state index contributed by atoms with van der Waals surface area (Å²) in [6.07, 6.45) is 2.21. The van der Waals surface area contributed by atoms with Crippen molar-refractivity contribution in [2.45, 2.75) is 0 Å². The van der Waals surface area contributed by atoms with Gasteiger partial charge in [-0.2, -0.15) is 0 Å². The molecule has 0 radical (unpaired) electrons. The lowest BCUT2D eigenvalue weighted by atomic mass is 10.0. The van der Waals surface area contributed by atoms with Crippen LogP contribution in [-0.2, 0) is 0 Å². The molecule has 6 nitrogen and oxygen atoms in total. The molecule has 0 aliphatic carbocycles. The largest absolute Gasteiger partial charge is 0.497 e. The van der Waals surface area contributed by atoms with Crippen LogP contribution in [0.2, 0.25) is 0 Å². The van der Waals surface area contributed by atoms with Crippen molar-refractivity contribution in [3.63, 3.8) is 0 Å². The van der Waals surface area contributed by atoms with Crippen molar-refractivity contribution in [3.05, 3.63) is 91.1 Å². The van der Waals surface area contributed by atoms with Crippen LogP contribution in [0.3, 0.4) is 0 Å². The maximum absolute atomic E-state index is 8.49. The standard InChI is InChI=1S/C22H18NOS.ClHO4/c1-24-20-14-12-19(13-15-20)23-16-21(17-8-4-2-5-9-17)22(25-23)18-10-6-3-7-11-18;2-1(3,4)5/h2-16H,1H3;(H,2,3,4,5)/q+1;/p-1. The Bertz CT molecular complexity index is 1000. The molecule has 0 N–H and O–H groups in total. The Hall–Kier alpha value is -2.78. The van der Waals surface area contributed by atoms with Gasteiger partial charge in [0.2, 0.25) is 5.69 Å². The maximum Gasteiger partial charge on any atom is 0.225 e. The number of aromatic nitrogens is 1. The Morgan fingerprint density at radius 3 is 1.73 bits per heavy atom. The molecule has 30 heavy (non-hydrogen) atoms. The molecule has 4 aromatic rings. The topological polar surface area (TPSA) is 105 Å². The Labute approximate surface area is 180 Å². The average Bonchev–Trinajstić information content (AvgIpc) is 3.19. The Balaban J connectivity index is 0.000000461. The molecule has 0 saturated heterocycles. The number of hydrogen-bond acceptors (Lipinski definition) is 6. The molecule has 1 aromatic heterocycles. The minimum absolute atomic E-state index is 0.868. The quantitative estimate of drug-likeness (QED) is 0.430. The third-order valence-corrected chi connectivity index (χ3v) is 5.28. The highest BCUT2D eigenvalue weighted by Gasteiger charge is 2.21. The van der Waals surface area contributed by atoms with E-state index in [0.29, 0.717) is 0 Å². The van der Waals surface area contributed by atoms with Gasteiger partial charge in [-0.15, -0.1) is 14.2 Å². The number of nitrogens with zero attached hydrogens (tertiary/aromatic N) is 1. The molecular weight excluding hydrogens is 426 g/mol. The molecule has 0 bridgehead atoms. The first-order chi connectivity index (χ1) is 14.3. The summed E-state index contributed by atoms with van der Waals surface area (Å²) < 4.78 is 41.5. The normalized spacial score (nSPS) is 10.8. The van der Waals surface area contributed by atoms with Gasteiger partial charge in [0.05, 0.1) is 12.7 Å². The van der Waals surface area contributed by atoms with E-state index >= 15 is 0 Å². The van der Waals surface area contributed by atoms with Gasteiger partial charge in [0.25, 0.3) is 0 Å². The highest BCUT2D eigenvalue weighted by Crippen LogP contribution is 2.34. The first-order valence-corrected chi connectivity index (χ1v) is 10.8. The first kappa shape index (κ1) is 21.9. The van der Waals surface area contributed by atoms with Crippen LogP contribution < -0.4 is 27.3 Å². The molecule has 4 rings (SSSR count). The summed E-state index contributed by atoms with van der Waals surface area (Å²) >= 11 is 1.75. The second kappa shape index (κ2) is 9.82. The Morgan fingerprint density at radius 1 is 0.733 bits per heavy atom. The van der Waals surface area contributed by atoms with Crippen LogP contribution in [0, 0.1) is 10.2 Å². The van der Waals surface area contributed by atoms with Gasteiger partial charge in [-0.3, -0.25) is 0 Å². The zero-order chi connectivity index (χ0) is 21.6. The molecule has 3 aromatic carbocycles. The first-order valence-electron chi connectivity index (χ1n) is 8.78. The Morgan fingerprint density at radius 2 is 1.23 bits per heavy atom. The van der Waals surface area contributed by atoms with Crippen molar-refractivity contribution < 1.29 is 37.6 Å². The van der Waals surface area contributed by atoms with Crippen LogP contribution in [0.15, 0.2) is 91.1 Å². The molecule has 0 amide bonds. The number of hydrogen-bond donors (Lipinski definition) is 0. The van der Waals surface area contributed by atoms with E-state index in [4.69, 9.17) is 23.4 Å². The van der Waals surface area contributed by atoms with Crippen molar-refractivity contribution in [2.75, 3.05) is 7.11 Å².